The molecule has 4 rings (SSSR count). The molecule has 0 aliphatic heterocycles. The van der Waals surface area contributed by atoms with Crippen molar-refractivity contribution < 1.29 is 0 Å². The van der Waals surface area contributed by atoms with Crippen molar-refractivity contribution in [2.75, 3.05) is 0 Å². The summed E-state index contributed by atoms with van der Waals surface area (Å²) in [4.78, 5) is 4.75. The molecule has 1 aromatic heterocycles. The van der Waals surface area contributed by atoms with Crippen molar-refractivity contribution >= 4 is 21.8 Å². The van der Waals surface area contributed by atoms with Crippen molar-refractivity contribution in [3.63, 3.8) is 0 Å². The van der Waals surface area contributed by atoms with Crippen LogP contribution < -0.4 is 0 Å². The highest BCUT2D eigenvalue weighted by molar-refractivity contribution is 6.00. The first-order valence-electron chi connectivity index (χ1n) is 6.43. The Morgan fingerprint density at radius 2 is 1.16 bits per heavy atom. The SMILES string of the molecule is [CH]1[CH][CH][C](c2c3ccccc3nc3ccccc23)[CH]1. The summed E-state index contributed by atoms with van der Waals surface area (Å²) in [5.74, 6) is 1.26. The lowest BCUT2D eigenvalue weighted by molar-refractivity contribution is 1.32. The van der Waals surface area contributed by atoms with Crippen molar-refractivity contribution in [1.29, 1.82) is 0 Å². The molecule has 0 spiro atoms. The first-order chi connectivity index (χ1) is 9.43. The van der Waals surface area contributed by atoms with Gasteiger partial charge >= 0.3 is 0 Å². The van der Waals surface area contributed by atoms with Crippen LogP contribution in [0.25, 0.3) is 21.8 Å². The van der Waals surface area contributed by atoms with Crippen LogP contribution in [0.15, 0.2) is 48.5 Å². The van der Waals surface area contributed by atoms with Crippen LogP contribution in [-0.2, 0) is 0 Å². The van der Waals surface area contributed by atoms with E-state index in [1.807, 2.05) is 12.1 Å². The van der Waals surface area contributed by atoms with E-state index in [9.17, 15) is 0 Å². The maximum atomic E-state index is 4.75. The molecular weight excluding hydrogens is 230 g/mol. The maximum absolute atomic E-state index is 4.75. The van der Waals surface area contributed by atoms with Crippen LogP contribution >= 0.6 is 0 Å². The van der Waals surface area contributed by atoms with Crippen LogP contribution in [0.1, 0.15) is 5.56 Å². The van der Waals surface area contributed by atoms with Crippen molar-refractivity contribution in [3.05, 3.63) is 85.7 Å². The second-order valence-electron chi connectivity index (χ2n) is 4.69. The fourth-order valence-corrected chi connectivity index (χ4v) is 2.69. The monoisotopic (exact) mass is 242 g/mol. The molecule has 1 saturated carbocycles. The zero-order chi connectivity index (χ0) is 12.7. The summed E-state index contributed by atoms with van der Waals surface area (Å²) >= 11 is 0. The fraction of sp³-hybridized carbons (Fsp3) is 0. The molecule has 1 nitrogen and oxygen atoms in total. The number of hydrogen-bond donors (Lipinski definition) is 0. The molecule has 1 heterocycles. The maximum Gasteiger partial charge on any atom is 0.0712 e. The molecule has 0 N–H and O–H groups in total. The zero-order valence-corrected chi connectivity index (χ0v) is 10.4. The fourth-order valence-electron chi connectivity index (χ4n) is 2.69. The van der Waals surface area contributed by atoms with Gasteiger partial charge in [-0.25, -0.2) is 4.98 Å². The topological polar surface area (TPSA) is 12.9 Å². The Morgan fingerprint density at radius 1 is 0.632 bits per heavy atom. The molecule has 1 aliphatic carbocycles. The molecule has 0 saturated heterocycles. The molecule has 89 valence electrons. The average Bonchev–Trinajstić information content (AvgIpc) is 2.98. The highest BCUT2D eigenvalue weighted by Gasteiger charge is 2.23. The average molecular weight is 242 g/mol. The minimum Gasteiger partial charge on any atom is -0.248 e. The molecule has 1 aliphatic rings. The quantitative estimate of drug-likeness (QED) is 0.584. The summed E-state index contributed by atoms with van der Waals surface area (Å²) in [6, 6.07) is 16.7. The van der Waals surface area contributed by atoms with Gasteiger partial charge in [0.05, 0.1) is 11.0 Å². The Morgan fingerprint density at radius 3 is 1.74 bits per heavy atom. The summed E-state index contributed by atoms with van der Waals surface area (Å²) in [7, 11) is 0. The molecule has 0 unspecified atom stereocenters. The van der Waals surface area contributed by atoms with Gasteiger partial charge in [-0.1, -0.05) is 36.4 Å². The third-order valence-electron chi connectivity index (χ3n) is 3.54. The van der Waals surface area contributed by atoms with Gasteiger partial charge in [0.15, 0.2) is 0 Å². The Kier molecular flexibility index (Phi) is 2.51. The van der Waals surface area contributed by atoms with Gasteiger partial charge in [-0.3, -0.25) is 0 Å². The summed E-state index contributed by atoms with van der Waals surface area (Å²) in [5.41, 5.74) is 3.39. The number of para-hydroxylation sites is 2. The van der Waals surface area contributed by atoms with E-state index in [-0.39, 0.29) is 0 Å². The third kappa shape index (κ3) is 1.73. The zero-order valence-electron chi connectivity index (χ0n) is 10.4. The van der Waals surface area contributed by atoms with Gasteiger partial charge in [-0.2, -0.15) is 0 Å². The van der Waals surface area contributed by atoms with Gasteiger partial charge < -0.3 is 0 Å². The highest BCUT2D eigenvalue weighted by Crippen LogP contribution is 2.38. The molecule has 5 radical (unpaired) electrons. The second kappa shape index (κ2) is 4.34. The van der Waals surface area contributed by atoms with Crippen LogP contribution in [0.4, 0.5) is 0 Å². The third-order valence-corrected chi connectivity index (χ3v) is 3.54. The minimum atomic E-state index is 1.05. The number of hydrogen-bond acceptors (Lipinski definition) is 1. The lowest BCUT2D eigenvalue weighted by Gasteiger charge is -2.15. The molecule has 0 amide bonds. The molecule has 0 atom stereocenters. The number of nitrogens with zero attached hydrogens (tertiary/aromatic N) is 1. The second-order valence-corrected chi connectivity index (χ2v) is 4.69. The van der Waals surface area contributed by atoms with Crippen molar-refractivity contribution in [2.45, 2.75) is 0 Å². The Bertz CT molecular complexity index is 685. The number of fused-ring (bicyclic) bond motifs is 2. The van der Waals surface area contributed by atoms with E-state index < -0.39 is 0 Å². The summed E-state index contributed by atoms with van der Waals surface area (Å²) in [6.45, 7) is 0. The van der Waals surface area contributed by atoms with Gasteiger partial charge in [0, 0.05) is 16.7 Å². The van der Waals surface area contributed by atoms with E-state index in [1.54, 1.807) is 0 Å². The van der Waals surface area contributed by atoms with E-state index in [0.29, 0.717) is 0 Å². The standard InChI is InChI=1S/C18H12N/c1-2-8-13(7-1)18-14-9-3-5-11-16(14)19-17-12-6-4-10-15(17)18/h1-12H. The number of benzene rings is 2. The van der Waals surface area contributed by atoms with Crippen molar-refractivity contribution in [2.24, 2.45) is 0 Å². The predicted molar refractivity (Wildman–Crippen MR) is 78.8 cm³/mol. The van der Waals surface area contributed by atoms with Crippen LogP contribution in [0, 0.1) is 31.6 Å². The summed E-state index contributed by atoms with van der Waals surface area (Å²) in [5, 5.41) is 2.43. The van der Waals surface area contributed by atoms with E-state index >= 15 is 0 Å². The van der Waals surface area contributed by atoms with Crippen LogP contribution in [0.3, 0.4) is 0 Å². The minimum absolute atomic E-state index is 1.05. The number of pyridine rings is 1. The van der Waals surface area contributed by atoms with Crippen molar-refractivity contribution in [3.8, 4) is 0 Å². The smallest absolute Gasteiger partial charge is 0.0712 e. The molecule has 2 aromatic carbocycles. The van der Waals surface area contributed by atoms with Gasteiger partial charge in [-0.15, -0.1) is 0 Å². The van der Waals surface area contributed by atoms with Crippen LogP contribution in [0.2, 0.25) is 0 Å². The number of aromatic nitrogens is 1. The van der Waals surface area contributed by atoms with Crippen LogP contribution in [0.5, 0.6) is 0 Å². The molecule has 19 heavy (non-hydrogen) atoms. The van der Waals surface area contributed by atoms with Crippen LogP contribution in [-0.4, -0.2) is 4.98 Å². The summed E-state index contributed by atoms with van der Waals surface area (Å²) < 4.78 is 0. The molecular formula is C18H12N. The first-order valence-corrected chi connectivity index (χ1v) is 6.43. The molecule has 3 aromatic rings. The van der Waals surface area contributed by atoms with Gasteiger partial charge in [0.25, 0.3) is 0 Å². The van der Waals surface area contributed by atoms with Gasteiger partial charge in [-0.05, 0) is 43.4 Å². The van der Waals surface area contributed by atoms with Crippen molar-refractivity contribution in [1.82, 2.24) is 4.98 Å². The largest absolute Gasteiger partial charge is 0.248 e. The van der Waals surface area contributed by atoms with E-state index in [1.165, 1.54) is 22.3 Å². The van der Waals surface area contributed by atoms with E-state index in [2.05, 4.69) is 62.1 Å². The molecule has 1 heteroatoms. The highest BCUT2D eigenvalue weighted by atomic mass is 14.7. The Labute approximate surface area is 113 Å². The Balaban J connectivity index is 2.13. The lowest BCUT2D eigenvalue weighted by Crippen LogP contribution is -1.99. The lowest BCUT2D eigenvalue weighted by atomic mass is 9.90. The van der Waals surface area contributed by atoms with Gasteiger partial charge in [0.2, 0.25) is 0 Å². The Hall–Kier alpha value is -1.89. The van der Waals surface area contributed by atoms with E-state index in [0.717, 1.165) is 11.0 Å². The summed E-state index contributed by atoms with van der Waals surface area (Å²) in [6.07, 6.45) is 8.49. The molecule has 0 bridgehead atoms. The first kappa shape index (κ1) is 11.0. The van der Waals surface area contributed by atoms with E-state index in [4.69, 9.17) is 4.98 Å². The predicted octanol–water partition coefficient (Wildman–Crippen LogP) is 4.14. The molecule has 1 fully saturated rings. The normalized spacial score (nSPS) is 16.4. The number of rotatable bonds is 1. The van der Waals surface area contributed by atoms with Gasteiger partial charge in [0.1, 0.15) is 0 Å².